The predicted octanol–water partition coefficient (Wildman–Crippen LogP) is 5.43. The highest BCUT2D eigenvalue weighted by atomic mass is 127. The van der Waals surface area contributed by atoms with Crippen molar-refractivity contribution < 1.29 is 0 Å². The molecule has 0 N–H and O–H groups in total. The van der Waals surface area contributed by atoms with Crippen molar-refractivity contribution in [1.29, 1.82) is 0 Å². The number of hydrogen-bond donors (Lipinski definition) is 0. The topological polar surface area (TPSA) is 78.2 Å². The SMILES string of the molecule is CSc1nc(Br)cn2c(-c3cnn(C)c3)cnc12.CSc1nc(Br)cn2c(I)cnc12. The van der Waals surface area contributed by atoms with E-state index in [2.05, 4.69) is 79.5 Å². The lowest BCUT2D eigenvalue weighted by Gasteiger charge is -2.03. The predicted molar refractivity (Wildman–Crippen MR) is 140 cm³/mol. The molecular formula is C18H15Br2IN8S2. The fourth-order valence-electron chi connectivity index (χ4n) is 2.88. The minimum absolute atomic E-state index is 0.794. The summed E-state index contributed by atoms with van der Waals surface area (Å²) in [4.78, 5) is 17.5. The molecular weight excluding hydrogens is 679 g/mol. The van der Waals surface area contributed by atoms with E-state index in [1.54, 1.807) is 28.2 Å². The molecule has 0 aliphatic heterocycles. The standard InChI is InChI=1S/C11H10BrN5S.C7H5BrIN3S/c1-16-5-7(3-14-16)8-4-13-10-11(18-2)15-9(12)6-17(8)10;1-13-7-6-10-2-5(9)12(6)3-4(8)11-7/h3-6H,1-2H3;2-3H,1H3. The summed E-state index contributed by atoms with van der Waals surface area (Å²) < 4.78 is 8.54. The number of nitrogens with zero attached hydrogens (tertiary/aromatic N) is 8. The molecule has 0 fully saturated rings. The third-order valence-corrected chi connectivity index (χ3v) is 7.09. The van der Waals surface area contributed by atoms with E-state index in [0.29, 0.717) is 0 Å². The molecule has 0 aromatic carbocycles. The second-order valence-electron chi connectivity index (χ2n) is 6.16. The quantitative estimate of drug-likeness (QED) is 0.184. The van der Waals surface area contributed by atoms with Crippen molar-refractivity contribution in [3.05, 3.63) is 50.1 Å². The number of rotatable bonds is 3. The lowest BCUT2D eigenvalue weighted by molar-refractivity contribution is 0.768. The van der Waals surface area contributed by atoms with Gasteiger partial charge in [0.25, 0.3) is 0 Å². The Morgan fingerprint density at radius 3 is 2.00 bits per heavy atom. The average molecular weight is 694 g/mol. The van der Waals surface area contributed by atoms with E-state index in [-0.39, 0.29) is 0 Å². The second kappa shape index (κ2) is 9.77. The van der Waals surface area contributed by atoms with Crippen LogP contribution in [0.2, 0.25) is 0 Å². The van der Waals surface area contributed by atoms with Gasteiger partial charge >= 0.3 is 0 Å². The zero-order valence-electron chi connectivity index (χ0n) is 16.5. The van der Waals surface area contributed by atoms with E-state index in [1.165, 1.54) is 0 Å². The first-order chi connectivity index (χ1) is 14.9. The van der Waals surface area contributed by atoms with Crippen LogP contribution in [0.5, 0.6) is 0 Å². The van der Waals surface area contributed by atoms with Gasteiger partial charge in [0, 0.05) is 31.2 Å². The molecule has 0 bridgehead atoms. The van der Waals surface area contributed by atoms with Gasteiger partial charge in [-0.3, -0.25) is 13.5 Å². The molecule has 5 heterocycles. The van der Waals surface area contributed by atoms with Crippen LogP contribution in [0.3, 0.4) is 0 Å². The molecule has 0 amide bonds. The van der Waals surface area contributed by atoms with Gasteiger partial charge in [-0.25, -0.2) is 19.9 Å². The molecule has 0 spiro atoms. The zero-order valence-corrected chi connectivity index (χ0v) is 23.5. The van der Waals surface area contributed by atoms with E-state index in [9.17, 15) is 0 Å². The minimum Gasteiger partial charge on any atom is -0.295 e. The van der Waals surface area contributed by atoms with Crippen LogP contribution < -0.4 is 0 Å². The minimum atomic E-state index is 0.794. The Labute approximate surface area is 217 Å². The van der Waals surface area contributed by atoms with Crippen molar-refractivity contribution in [2.24, 2.45) is 7.05 Å². The van der Waals surface area contributed by atoms with E-state index >= 15 is 0 Å². The summed E-state index contributed by atoms with van der Waals surface area (Å²) in [5, 5.41) is 6.03. The smallest absolute Gasteiger partial charge is 0.170 e. The highest BCUT2D eigenvalue weighted by molar-refractivity contribution is 14.1. The number of halogens is 3. The molecule has 160 valence electrons. The number of aromatic nitrogens is 8. The Balaban J connectivity index is 0.000000158. The summed E-state index contributed by atoms with van der Waals surface area (Å²) in [5.74, 6) is 0. The van der Waals surface area contributed by atoms with E-state index < -0.39 is 0 Å². The molecule has 0 aliphatic rings. The van der Waals surface area contributed by atoms with Gasteiger partial charge in [-0.05, 0) is 67.0 Å². The Morgan fingerprint density at radius 1 is 0.839 bits per heavy atom. The van der Waals surface area contributed by atoms with Gasteiger partial charge in [0.1, 0.15) is 23.0 Å². The molecule has 0 atom stereocenters. The Hall–Kier alpha value is -1.16. The van der Waals surface area contributed by atoms with Gasteiger partial charge in [-0.1, -0.05) is 0 Å². The van der Waals surface area contributed by atoms with Crippen LogP contribution in [0.15, 0.2) is 56.4 Å². The van der Waals surface area contributed by atoms with Gasteiger partial charge in [-0.15, -0.1) is 23.5 Å². The third-order valence-electron chi connectivity index (χ3n) is 4.21. The number of thioether (sulfide) groups is 2. The fraction of sp³-hybridized carbons (Fsp3) is 0.167. The van der Waals surface area contributed by atoms with Crippen molar-refractivity contribution in [3.8, 4) is 11.3 Å². The second-order valence-corrected chi connectivity index (χ2v) is 10.5. The first kappa shape index (κ1) is 23.0. The maximum atomic E-state index is 4.44. The van der Waals surface area contributed by atoms with Crippen molar-refractivity contribution in [1.82, 2.24) is 38.5 Å². The van der Waals surface area contributed by atoms with Gasteiger partial charge in [0.2, 0.25) is 0 Å². The van der Waals surface area contributed by atoms with Crippen molar-refractivity contribution in [2.45, 2.75) is 10.1 Å². The van der Waals surface area contributed by atoms with Crippen LogP contribution in [0.25, 0.3) is 22.6 Å². The number of hydrogen-bond acceptors (Lipinski definition) is 7. The summed E-state index contributed by atoms with van der Waals surface area (Å²) in [6.07, 6.45) is 15.3. The van der Waals surface area contributed by atoms with Crippen LogP contribution in [0, 0.1) is 3.70 Å². The molecule has 8 nitrogen and oxygen atoms in total. The fourth-order valence-corrected chi connectivity index (χ4v) is 5.43. The lowest BCUT2D eigenvalue weighted by atomic mass is 10.3. The molecule has 0 aliphatic carbocycles. The highest BCUT2D eigenvalue weighted by Gasteiger charge is 2.12. The summed E-state index contributed by atoms with van der Waals surface area (Å²) in [7, 11) is 1.90. The van der Waals surface area contributed by atoms with E-state index in [0.717, 1.165) is 45.5 Å². The summed E-state index contributed by atoms with van der Waals surface area (Å²) in [6, 6.07) is 0. The van der Waals surface area contributed by atoms with Crippen LogP contribution in [0.1, 0.15) is 0 Å². The van der Waals surface area contributed by atoms with Crippen molar-refractivity contribution in [3.63, 3.8) is 0 Å². The van der Waals surface area contributed by atoms with Crippen molar-refractivity contribution >= 4 is 89.3 Å². The Bertz CT molecular complexity index is 1380. The Kier molecular flexibility index (Phi) is 7.25. The molecule has 13 heteroatoms. The molecule has 0 saturated heterocycles. The van der Waals surface area contributed by atoms with Gasteiger partial charge in [0.15, 0.2) is 11.3 Å². The van der Waals surface area contributed by atoms with Gasteiger partial charge in [0.05, 0.1) is 24.3 Å². The maximum Gasteiger partial charge on any atom is 0.170 e. The zero-order chi connectivity index (χ0) is 22.1. The molecule has 31 heavy (non-hydrogen) atoms. The summed E-state index contributed by atoms with van der Waals surface area (Å²) in [6.45, 7) is 0. The summed E-state index contributed by atoms with van der Waals surface area (Å²) >= 11 is 12.2. The molecule has 0 saturated carbocycles. The van der Waals surface area contributed by atoms with E-state index in [4.69, 9.17) is 0 Å². The highest BCUT2D eigenvalue weighted by Crippen LogP contribution is 2.26. The lowest BCUT2D eigenvalue weighted by Crippen LogP contribution is -1.93. The Morgan fingerprint density at radius 2 is 1.42 bits per heavy atom. The van der Waals surface area contributed by atoms with Gasteiger partial charge in [-0.2, -0.15) is 5.10 Å². The molecule has 0 radical (unpaired) electrons. The molecule has 5 rings (SSSR count). The van der Waals surface area contributed by atoms with Crippen molar-refractivity contribution in [2.75, 3.05) is 12.5 Å². The summed E-state index contributed by atoms with van der Waals surface area (Å²) in [5.41, 5.74) is 3.83. The van der Waals surface area contributed by atoms with Crippen LogP contribution in [0.4, 0.5) is 0 Å². The molecule has 5 aromatic rings. The van der Waals surface area contributed by atoms with Gasteiger partial charge < -0.3 is 0 Å². The van der Waals surface area contributed by atoms with Crippen LogP contribution >= 0.6 is 78.0 Å². The monoisotopic (exact) mass is 692 g/mol. The normalized spacial score (nSPS) is 11.2. The molecule has 5 aromatic heterocycles. The largest absolute Gasteiger partial charge is 0.295 e. The number of imidazole rings is 2. The molecule has 0 unspecified atom stereocenters. The van der Waals surface area contributed by atoms with Crippen LogP contribution in [-0.2, 0) is 7.05 Å². The third kappa shape index (κ3) is 4.79. The average Bonchev–Trinajstić information content (AvgIpc) is 3.46. The first-order valence-corrected chi connectivity index (χ1v) is 13.8. The van der Waals surface area contributed by atoms with Crippen LogP contribution in [-0.4, -0.2) is 51.0 Å². The maximum absolute atomic E-state index is 4.44. The first-order valence-electron chi connectivity index (χ1n) is 8.71. The number of aryl methyl sites for hydroxylation is 1. The van der Waals surface area contributed by atoms with E-state index in [1.807, 2.05) is 65.5 Å². The number of fused-ring (bicyclic) bond motifs is 2.